The SMILES string of the molecule is CCOc1ccc2nc(N(CCCN(C)C)C(=O)C3CCCCC3)sc2c1.Cl. The van der Waals surface area contributed by atoms with E-state index in [4.69, 9.17) is 9.72 Å². The fourth-order valence-corrected chi connectivity index (χ4v) is 4.71. The van der Waals surface area contributed by atoms with E-state index in [9.17, 15) is 4.79 Å². The van der Waals surface area contributed by atoms with Gasteiger partial charge in [-0.15, -0.1) is 12.4 Å². The molecule has 0 aliphatic heterocycles. The minimum Gasteiger partial charge on any atom is -0.494 e. The second-order valence-electron chi connectivity index (χ2n) is 7.54. The molecule has 1 aromatic heterocycles. The number of aromatic nitrogens is 1. The van der Waals surface area contributed by atoms with Crippen LogP contribution in [0.15, 0.2) is 18.2 Å². The van der Waals surface area contributed by atoms with Crippen molar-refractivity contribution in [3.05, 3.63) is 18.2 Å². The number of amides is 1. The minimum absolute atomic E-state index is 0. The van der Waals surface area contributed by atoms with Gasteiger partial charge in [0.25, 0.3) is 0 Å². The standard InChI is InChI=1S/C21H31N3O2S.ClH/c1-4-26-17-11-12-18-19(15-17)27-21(22-18)24(14-8-13-23(2)3)20(25)16-9-6-5-7-10-16;/h11-12,15-16H,4-10,13-14H2,1-3H3;1H. The molecular weight excluding hydrogens is 394 g/mol. The van der Waals surface area contributed by atoms with Crippen molar-refractivity contribution < 1.29 is 9.53 Å². The van der Waals surface area contributed by atoms with Crippen LogP contribution in [-0.4, -0.2) is 49.6 Å². The molecule has 0 saturated heterocycles. The van der Waals surface area contributed by atoms with Crippen LogP contribution in [0.2, 0.25) is 0 Å². The van der Waals surface area contributed by atoms with E-state index in [2.05, 4.69) is 19.0 Å². The van der Waals surface area contributed by atoms with Gasteiger partial charge in [-0.05, 0) is 65.0 Å². The molecule has 0 bridgehead atoms. The van der Waals surface area contributed by atoms with Crippen LogP contribution in [-0.2, 0) is 4.79 Å². The fraction of sp³-hybridized carbons (Fsp3) is 0.619. The van der Waals surface area contributed by atoms with E-state index in [-0.39, 0.29) is 24.2 Å². The number of anilines is 1. The summed E-state index contributed by atoms with van der Waals surface area (Å²) >= 11 is 1.60. The van der Waals surface area contributed by atoms with E-state index in [1.54, 1.807) is 11.3 Å². The summed E-state index contributed by atoms with van der Waals surface area (Å²) in [6.07, 6.45) is 6.57. The van der Waals surface area contributed by atoms with Crippen LogP contribution in [0.4, 0.5) is 5.13 Å². The number of hydrogen-bond donors (Lipinski definition) is 0. The fourth-order valence-electron chi connectivity index (χ4n) is 3.68. The van der Waals surface area contributed by atoms with Gasteiger partial charge in [0.05, 0.1) is 16.8 Å². The lowest BCUT2D eigenvalue weighted by Crippen LogP contribution is -2.38. The predicted molar refractivity (Wildman–Crippen MR) is 120 cm³/mol. The van der Waals surface area contributed by atoms with Crippen LogP contribution in [0.5, 0.6) is 5.75 Å². The summed E-state index contributed by atoms with van der Waals surface area (Å²) in [4.78, 5) is 22.2. The molecule has 0 unspecified atom stereocenters. The number of carbonyl (C=O) groups is 1. The number of carbonyl (C=O) groups excluding carboxylic acids is 1. The van der Waals surface area contributed by atoms with Gasteiger partial charge in [-0.3, -0.25) is 9.69 Å². The van der Waals surface area contributed by atoms with Crippen LogP contribution < -0.4 is 9.64 Å². The minimum atomic E-state index is 0. The third kappa shape index (κ3) is 5.82. The summed E-state index contributed by atoms with van der Waals surface area (Å²) < 4.78 is 6.68. The third-order valence-corrected chi connectivity index (χ3v) is 6.14. The Morgan fingerprint density at radius 2 is 1.96 bits per heavy atom. The Bertz CT molecular complexity index is 759. The monoisotopic (exact) mass is 425 g/mol. The van der Waals surface area contributed by atoms with Gasteiger partial charge < -0.3 is 9.64 Å². The van der Waals surface area contributed by atoms with Crippen molar-refractivity contribution >= 4 is 45.0 Å². The van der Waals surface area contributed by atoms with Crippen molar-refractivity contribution in [2.24, 2.45) is 5.92 Å². The lowest BCUT2D eigenvalue weighted by Gasteiger charge is -2.28. The molecule has 1 saturated carbocycles. The average Bonchev–Trinajstić information content (AvgIpc) is 3.08. The van der Waals surface area contributed by atoms with Crippen LogP contribution in [0.3, 0.4) is 0 Å². The Morgan fingerprint density at radius 3 is 2.64 bits per heavy atom. The molecule has 1 fully saturated rings. The number of fused-ring (bicyclic) bond motifs is 1. The maximum absolute atomic E-state index is 13.3. The molecule has 1 heterocycles. The van der Waals surface area contributed by atoms with Gasteiger partial charge in [-0.25, -0.2) is 4.98 Å². The molecule has 0 N–H and O–H groups in total. The van der Waals surface area contributed by atoms with E-state index < -0.39 is 0 Å². The molecule has 0 spiro atoms. The maximum atomic E-state index is 13.3. The second kappa shape index (κ2) is 11.0. The maximum Gasteiger partial charge on any atom is 0.231 e. The van der Waals surface area contributed by atoms with Gasteiger partial charge in [0.1, 0.15) is 5.75 Å². The zero-order valence-electron chi connectivity index (χ0n) is 17.1. The summed E-state index contributed by atoms with van der Waals surface area (Å²) in [6, 6.07) is 5.97. The third-order valence-electron chi connectivity index (χ3n) is 5.10. The largest absolute Gasteiger partial charge is 0.494 e. The van der Waals surface area contributed by atoms with E-state index in [0.29, 0.717) is 6.61 Å². The molecule has 2 aromatic rings. The quantitative estimate of drug-likeness (QED) is 0.598. The zero-order chi connectivity index (χ0) is 19.2. The van der Waals surface area contributed by atoms with Gasteiger partial charge in [-0.1, -0.05) is 30.6 Å². The lowest BCUT2D eigenvalue weighted by atomic mass is 9.88. The number of nitrogens with zero attached hydrogens (tertiary/aromatic N) is 3. The molecule has 7 heteroatoms. The average molecular weight is 426 g/mol. The Morgan fingerprint density at radius 1 is 1.21 bits per heavy atom. The van der Waals surface area contributed by atoms with E-state index in [1.807, 2.05) is 30.0 Å². The van der Waals surface area contributed by atoms with Crippen molar-refractivity contribution in [2.75, 3.05) is 38.7 Å². The summed E-state index contributed by atoms with van der Waals surface area (Å²) in [5.74, 6) is 1.28. The number of halogens is 1. The first kappa shape index (κ1) is 22.9. The normalized spacial score (nSPS) is 14.9. The highest BCUT2D eigenvalue weighted by molar-refractivity contribution is 7.22. The molecule has 1 aliphatic rings. The van der Waals surface area contributed by atoms with Gasteiger partial charge in [0, 0.05) is 12.5 Å². The molecule has 0 radical (unpaired) electrons. The van der Waals surface area contributed by atoms with Crippen molar-refractivity contribution in [1.29, 1.82) is 0 Å². The first-order valence-corrected chi connectivity index (χ1v) is 10.9. The zero-order valence-corrected chi connectivity index (χ0v) is 18.8. The Hall–Kier alpha value is -1.37. The molecule has 5 nitrogen and oxygen atoms in total. The molecule has 28 heavy (non-hydrogen) atoms. The molecule has 1 amide bonds. The summed E-state index contributed by atoms with van der Waals surface area (Å²) in [7, 11) is 4.14. The Labute approximate surface area is 178 Å². The molecule has 3 rings (SSSR count). The topological polar surface area (TPSA) is 45.7 Å². The van der Waals surface area contributed by atoms with Crippen LogP contribution in [0.1, 0.15) is 45.4 Å². The number of rotatable bonds is 8. The molecule has 0 atom stereocenters. The highest BCUT2D eigenvalue weighted by atomic mass is 35.5. The Kier molecular flexibility index (Phi) is 8.99. The highest BCUT2D eigenvalue weighted by Crippen LogP contribution is 2.34. The molecule has 156 valence electrons. The number of thiazole rings is 1. The van der Waals surface area contributed by atoms with Crippen molar-refractivity contribution in [3.8, 4) is 5.75 Å². The van der Waals surface area contributed by atoms with Crippen LogP contribution >= 0.6 is 23.7 Å². The first-order valence-electron chi connectivity index (χ1n) is 10.1. The van der Waals surface area contributed by atoms with Crippen molar-refractivity contribution in [3.63, 3.8) is 0 Å². The van der Waals surface area contributed by atoms with Crippen LogP contribution in [0.25, 0.3) is 10.2 Å². The van der Waals surface area contributed by atoms with E-state index in [0.717, 1.165) is 53.4 Å². The summed E-state index contributed by atoms with van der Waals surface area (Å²) in [5.41, 5.74) is 0.938. The first-order chi connectivity index (χ1) is 13.1. The smallest absolute Gasteiger partial charge is 0.231 e. The van der Waals surface area contributed by atoms with Gasteiger partial charge in [0.2, 0.25) is 5.91 Å². The van der Waals surface area contributed by atoms with Gasteiger partial charge >= 0.3 is 0 Å². The lowest BCUT2D eigenvalue weighted by molar-refractivity contribution is -0.123. The van der Waals surface area contributed by atoms with Gasteiger partial charge in [0.15, 0.2) is 5.13 Å². The predicted octanol–water partition coefficient (Wildman–Crippen LogP) is 4.98. The highest BCUT2D eigenvalue weighted by Gasteiger charge is 2.28. The summed E-state index contributed by atoms with van der Waals surface area (Å²) in [5, 5.41) is 0.827. The van der Waals surface area contributed by atoms with Crippen molar-refractivity contribution in [1.82, 2.24) is 9.88 Å². The number of hydrogen-bond acceptors (Lipinski definition) is 5. The molecule has 1 aromatic carbocycles. The van der Waals surface area contributed by atoms with Crippen molar-refractivity contribution in [2.45, 2.75) is 45.4 Å². The van der Waals surface area contributed by atoms with E-state index in [1.165, 1.54) is 19.3 Å². The van der Waals surface area contributed by atoms with E-state index >= 15 is 0 Å². The van der Waals surface area contributed by atoms with Gasteiger partial charge in [-0.2, -0.15) is 0 Å². The number of ether oxygens (including phenoxy) is 1. The second-order valence-corrected chi connectivity index (χ2v) is 8.55. The molecular formula is C21H32ClN3O2S. The summed E-state index contributed by atoms with van der Waals surface area (Å²) in [6.45, 7) is 4.32. The number of benzene rings is 1. The van der Waals surface area contributed by atoms with Crippen LogP contribution in [0, 0.1) is 5.92 Å². The Balaban J connectivity index is 0.00000280. The molecule has 1 aliphatic carbocycles.